The van der Waals surface area contributed by atoms with E-state index in [0.29, 0.717) is 6.61 Å². The first-order chi connectivity index (χ1) is 6.33. The SMILES string of the molecule is C=C[C@@H]1COc2ccccc2[C@@H]1N. The molecule has 0 bridgehead atoms. The average molecular weight is 175 g/mol. The lowest BCUT2D eigenvalue weighted by molar-refractivity contribution is 0.225. The number of ether oxygens (including phenoxy) is 1. The fourth-order valence-corrected chi connectivity index (χ4v) is 1.62. The number of para-hydroxylation sites is 1. The van der Waals surface area contributed by atoms with E-state index in [4.69, 9.17) is 10.5 Å². The van der Waals surface area contributed by atoms with Crippen molar-refractivity contribution in [2.75, 3.05) is 6.61 Å². The molecule has 13 heavy (non-hydrogen) atoms. The minimum atomic E-state index is 0.0300. The molecule has 0 aromatic heterocycles. The molecule has 1 aliphatic rings. The quantitative estimate of drug-likeness (QED) is 0.661. The minimum absolute atomic E-state index is 0.0300. The molecule has 68 valence electrons. The third-order valence-electron chi connectivity index (χ3n) is 2.47. The van der Waals surface area contributed by atoms with E-state index in [1.807, 2.05) is 30.3 Å². The van der Waals surface area contributed by atoms with Crippen LogP contribution in [0.3, 0.4) is 0 Å². The topological polar surface area (TPSA) is 35.2 Å². The van der Waals surface area contributed by atoms with Gasteiger partial charge in [0.05, 0.1) is 6.61 Å². The van der Waals surface area contributed by atoms with E-state index in [2.05, 4.69) is 6.58 Å². The number of nitrogens with two attached hydrogens (primary N) is 1. The van der Waals surface area contributed by atoms with E-state index < -0.39 is 0 Å². The van der Waals surface area contributed by atoms with Crippen LogP contribution in [0.2, 0.25) is 0 Å². The van der Waals surface area contributed by atoms with Gasteiger partial charge in [-0.3, -0.25) is 0 Å². The van der Waals surface area contributed by atoms with Gasteiger partial charge >= 0.3 is 0 Å². The Kier molecular flexibility index (Phi) is 2.07. The third-order valence-corrected chi connectivity index (χ3v) is 2.47. The number of fused-ring (bicyclic) bond motifs is 1. The first-order valence-corrected chi connectivity index (χ1v) is 4.43. The Hall–Kier alpha value is -1.28. The van der Waals surface area contributed by atoms with Crippen molar-refractivity contribution in [3.8, 4) is 5.75 Å². The van der Waals surface area contributed by atoms with Crippen molar-refractivity contribution in [1.82, 2.24) is 0 Å². The Balaban J connectivity index is 2.38. The van der Waals surface area contributed by atoms with Crippen molar-refractivity contribution < 1.29 is 4.74 Å². The zero-order valence-electron chi connectivity index (χ0n) is 7.44. The number of benzene rings is 1. The van der Waals surface area contributed by atoms with Crippen LogP contribution in [0.1, 0.15) is 11.6 Å². The van der Waals surface area contributed by atoms with Crippen LogP contribution in [-0.4, -0.2) is 6.61 Å². The normalized spacial score (nSPS) is 25.9. The second kappa shape index (κ2) is 3.23. The Bertz CT molecular complexity index is 322. The van der Waals surface area contributed by atoms with Gasteiger partial charge in [0.1, 0.15) is 5.75 Å². The second-order valence-corrected chi connectivity index (χ2v) is 3.27. The molecule has 2 nitrogen and oxygen atoms in total. The van der Waals surface area contributed by atoms with Crippen molar-refractivity contribution >= 4 is 0 Å². The second-order valence-electron chi connectivity index (χ2n) is 3.27. The molecule has 0 fully saturated rings. The number of rotatable bonds is 1. The van der Waals surface area contributed by atoms with Gasteiger partial charge in [0.25, 0.3) is 0 Å². The van der Waals surface area contributed by atoms with Gasteiger partial charge in [-0.1, -0.05) is 24.3 Å². The van der Waals surface area contributed by atoms with Crippen LogP contribution in [0.15, 0.2) is 36.9 Å². The highest BCUT2D eigenvalue weighted by Crippen LogP contribution is 2.33. The molecule has 0 saturated carbocycles. The maximum atomic E-state index is 6.05. The summed E-state index contributed by atoms with van der Waals surface area (Å²) in [6.07, 6.45) is 1.86. The van der Waals surface area contributed by atoms with Gasteiger partial charge in [-0.15, -0.1) is 6.58 Å². The molecule has 2 rings (SSSR count). The highest BCUT2D eigenvalue weighted by Gasteiger charge is 2.24. The molecule has 1 aromatic carbocycles. The Morgan fingerprint density at radius 1 is 1.46 bits per heavy atom. The van der Waals surface area contributed by atoms with Crippen LogP contribution in [0.5, 0.6) is 5.75 Å². The lowest BCUT2D eigenvalue weighted by Gasteiger charge is -2.28. The molecule has 1 aliphatic heterocycles. The van der Waals surface area contributed by atoms with Gasteiger partial charge in [-0.05, 0) is 6.07 Å². The van der Waals surface area contributed by atoms with E-state index in [1.54, 1.807) is 0 Å². The summed E-state index contributed by atoms with van der Waals surface area (Å²) in [4.78, 5) is 0. The third kappa shape index (κ3) is 1.33. The van der Waals surface area contributed by atoms with E-state index in [9.17, 15) is 0 Å². The molecule has 0 amide bonds. The summed E-state index contributed by atoms with van der Waals surface area (Å²) in [6, 6.07) is 7.93. The average Bonchev–Trinajstić information content (AvgIpc) is 2.19. The standard InChI is InChI=1S/C11H13NO/c1-2-8-7-13-10-6-4-3-5-9(10)11(8)12/h2-6,8,11H,1,7,12H2/t8-,11-/m1/s1. The van der Waals surface area contributed by atoms with Crippen molar-refractivity contribution in [3.05, 3.63) is 42.5 Å². The van der Waals surface area contributed by atoms with Crippen LogP contribution >= 0.6 is 0 Å². The predicted molar refractivity (Wildman–Crippen MR) is 52.6 cm³/mol. The van der Waals surface area contributed by atoms with Gasteiger partial charge in [0, 0.05) is 17.5 Å². The van der Waals surface area contributed by atoms with E-state index in [1.165, 1.54) is 0 Å². The van der Waals surface area contributed by atoms with Crippen LogP contribution < -0.4 is 10.5 Å². The molecule has 1 heterocycles. The Labute approximate surface area is 78.0 Å². The molecular weight excluding hydrogens is 162 g/mol. The predicted octanol–water partition coefficient (Wildman–Crippen LogP) is 1.88. The summed E-state index contributed by atoms with van der Waals surface area (Å²) in [5.74, 6) is 1.14. The molecule has 0 aliphatic carbocycles. The number of hydrogen-bond donors (Lipinski definition) is 1. The van der Waals surface area contributed by atoms with Gasteiger partial charge in [-0.25, -0.2) is 0 Å². The molecule has 0 unspecified atom stereocenters. The molecule has 2 atom stereocenters. The maximum absolute atomic E-state index is 6.05. The summed E-state index contributed by atoms with van der Waals surface area (Å²) in [5, 5.41) is 0. The lowest BCUT2D eigenvalue weighted by Crippen LogP contribution is -2.29. The molecule has 2 heteroatoms. The van der Waals surface area contributed by atoms with Crippen molar-refractivity contribution in [2.24, 2.45) is 11.7 Å². The van der Waals surface area contributed by atoms with E-state index in [-0.39, 0.29) is 12.0 Å². The van der Waals surface area contributed by atoms with Gasteiger partial charge in [-0.2, -0.15) is 0 Å². The molecular formula is C11H13NO. The summed E-state index contributed by atoms with van der Waals surface area (Å²) in [5.41, 5.74) is 7.13. The monoisotopic (exact) mass is 175 g/mol. The molecule has 0 saturated heterocycles. The molecule has 0 spiro atoms. The highest BCUT2D eigenvalue weighted by molar-refractivity contribution is 5.38. The summed E-state index contributed by atoms with van der Waals surface area (Å²) < 4.78 is 5.55. The minimum Gasteiger partial charge on any atom is -0.493 e. The van der Waals surface area contributed by atoms with Crippen molar-refractivity contribution in [2.45, 2.75) is 6.04 Å². The Morgan fingerprint density at radius 2 is 2.23 bits per heavy atom. The lowest BCUT2D eigenvalue weighted by atomic mass is 9.92. The summed E-state index contributed by atoms with van der Waals surface area (Å²) >= 11 is 0. The van der Waals surface area contributed by atoms with E-state index >= 15 is 0 Å². The Morgan fingerprint density at radius 3 is 3.00 bits per heavy atom. The largest absolute Gasteiger partial charge is 0.493 e. The molecule has 2 N–H and O–H groups in total. The van der Waals surface area contributed by atoms with Crippen molar-refractivity contribution in [1.29, 1.82) is 0 Å². The van der Waals surface area contributed by atoms with Crippen LogP contribution in [-0.2, 0) is 0 Å². The van der Waals surface area contributed by atoms with Gasteiger partial charge in [0.15, 0.2) is 0 Å². The summed E-state index contributed by atoms with van der Waals surface area (Å²) in [7, 11) is 0. The van der Waals surface area contributed by atoms with Crippen LogP contribution in [0.4, 0.5) is 0 Å². The fraction of sp³-hybridized carbons (Fsp3) is 0.273. The summed E-state index contributed by atoms with van der Waals surface area (Å²) in [6.45, 7) is 4.39. The van der Waals surface area contributed by atoms with Crippen LogP contribution in [0, 0.1) is 5.92 Å². The van der Waals surface area contributed by atoms with E-state index in [0.717, 1.165) is 11.3 Å². The highest BCUT2D eigenvalue weighted by atomic mass is 16.5. The first kappa shape index (κ1) is 8.32. The van der Waals surface area contributed by atoms with Crippen molar-refractivity contribution in [3.63, 3.8) is 0 Å². The molecule has 0 radical (unpaired) electrons. The van der Waals surface area contributed by atoms with Crippen LogP contribution in [0.25, 0.3) is 0 Å². The number of hydrogen-bond acceptors (Lipinski definition) is 2. The smallest absolute Gasteiger partial charge is 0.124 e. The maximum Gasteiger partial charge on any atom is 0.124 e. The fourth-order valence-electron chi connectivity index (χ4n) is 1.62. The zero-order valence-corrected chi connectivity index (χ0v) is 7.44. The molecule has 1 aromatic rings. The van der Waals surface area contributed by atoms with Gasteiger partial charge in [0.2, 0.25) is 0 Å². The zero-order chi connectivity index (χ0) is 9.26. The first-order valence-electron chi connectivity index (χ1n) is 4.43. The van der Waals surface area contributed by atoms with Gasteiger partial charge < -0.3 is 10.5 Å².